The van der Waals surface area contributed by atoms with Gasteiger partial charge < -0.3 is 14.2 Å². The quantitative estimate of drug-likeness (QED) is 0.572. The van der Waals surface area contributed by atoms with Crippen LogP contribution in [-0.2, 0) is 10.2 Å². The largest absolute Gasteiger partial charge is 0.496 e. The first-order chi connectivity index (χ1) is 14.1. The van der Waals surface area contributed by atoms with E-state index in [9.17, 15) is 0 Å². The molecule has 6 rings (SSSR count). The van der Waals surface area contributed by atoms with Crippen molar-refractivity contribution in [1.82, 2.24) is 0 Å². The van der Waals surface area contributed by atoms with Crippen molar-refractivity contribution in [2.75, 3.05) is 21.0 Å². The number of hydrogen-bond acceptors (Lipinski definition) is 3. The second-order valence-corrected chi connectivity index (χ2v) is 9.54. The van der Waals surface area contributed by atoms with Crippen LogP contribution >= 0.6 is 0 Å². The van der Waals surface area contributed by atoms with E-state index in [1.807, 2.05) is 25.3 Å². The van der Waals surface area contributed by atoms with Crippen molar-refractivity contribution in [3.8, 4) is 22.6 Å². The molecule has 153 valence electrons. The van der Waals surface area contributed by atoms with Crippen molar-refractivity contribution >= 4 is 0 Å². The summed E-state index contributed by atoms with van der Waals surface area (Å²) in [6, 6.07) is 13.8. The van der Waals surface area contributed by atoms with Crippen LogP contribution in [-0.4, -0.2) is 21.0 Å². The van der Waals surface area contributed by atoms with Crippen LogP contribution in [0.2, 0.25) is 0 Å². The number of methoxy groups -OCH3 is 2. The van der Waals surface area contributed by atoms with Gasteiger partial charge in [-0.3, -0.25) is 0 Å². The Morgan fingerprint density at radius 2 is 1.66 bits per heavy atom. The van der Waals surface area contributed by atoms with Crippen molar-refractivity contribution in [2.45, 2.75) is 50.9 Å². The van der Waals surface area contributed by atoms with Gasteiger partial charge in [0.25, 0.3) is 0 Å². The average Bonchev–Trinajstić information content (AvgIpc) is 2.71. The maximum absolute atomic E-state index is 5.94. The second-order valence-electron chi connectivity index (χ2n) is 9.54. The minimum absolute atomic E-state index is 0.244. The molecule has 3 nitrogen and oxygen atoms in total. The lowest BCUT2D eigenvalue weighted by molar-refractivity contribution is -0.00614. The fourth-order valence-corrected chi connectivity index (χ4v) is 6.87. The predicted molar refractivity (Wildman–Crippen MR) is 114 cm³/mol. The van der Waals surface area contributed by atoms with E-state index < -0.39 is 0 Å². The highest BCUT2D eigenvalue weighted by molar-refractivity contribution is 5.75. The first kappa shape index (κ1) is 19.0. The molecular formula is C26H31O3. The minimum atomic E-state index is 0.244. The summed E-state index contributed by atoms with van der Waals surface area (Å²) >= 11 is 0. The zero-order valence-electron chi connectivity index (χ0n) is 17.8. The molecule has 0 heterocycles. The van der Waals surface area contributed by atoms with Crippen LogP contribution in [0, 0.1) is 30.7 Å². The molecule has 1 radical (unpaired) electrons. The topological polar surface area (TPSA) is 27.7 Å². The van der Waals surface area contributed by atoms with Crippen LogP contribution in [0.5, 0.6) is 11.5 Å². The van der Waals surface area contributed by atoms with Gasteiger partial charge in [0.2, 0.25) is 0 Å². The van der Waals surface area contributed by atoms with E-state index in [0.29, 0.717) is 0 Å². The molecule has 29 heavy (non-hydrogen) atoms. The molecule has 0 saturated heterocycles. The summed E-state index contributed by atoms with van der Waals surface area (Å²) in [5, 5.41) is 0. The fraction of sp³-hybridized carbons (Fsp3) is 0.538. The molecule has 0 unspecified atom stereocenters. The summed E-state index contributed by atoms with van der Waals surface area (Å²) in [7, 11) is 3.47. The average molecular weight is 392 g/mol. The van der Waals surface area contributed by atoms with Crippen molar-refractivity contribution in [1.29, 1.82) is 0 Å². The molecular weight excluding hydrogens is 360 g/mol. The number of hydrogen-bond donors (Lipinski definition) is 0. The monoisotopic (exact) mass is 391 g/mol. The Balaban J connectivity index is 1.62. The van der Waals surface area contributed by atoms with Gasteiger partial charge in [0.1, 0.15) is 11.5 Å². The molecule has 4 aliphatic rings. The standard InChI is InChI=1S/C26H31O3/c1-17-8-25(28-3)23(26-13-18-9-19(14-26)11-20(10-18)15-26)12-22(17)21-6-4-5-7-24(21)29-16-27-2/h5-8,12,18-20H,9-11,13-16H2,1-3H3. The summed E-state index contributed by atoms with van der Waals surface area (Å²) in [6.45, 7) is 2.41. The van der Waals surface area contributed by atoms with E-state index in [-0.39, 0.29) is 12.2 Å². The normalized spacial score (nSPS) is 29.8. The van der Waals surface area contributed by atoms with E-state index in [1.54, 1.807) is 7.11 Å². The van der Waals surface area contributed by atoms with Gasteiger partial charge in [0.05, 0.1) is 7.11 Å². The van der Waals surface area contributed by atoms with Crippen molar-refractivity contribution < 1.29 is 14.2 Å². The Labute approximate surface area is 174 Å². The third-order valence-corrected chi connectivity index (χ3v) is 7.60. The summed E-state index contributed by atoms with van der Waals surface area (Å²) in [4.78, 5) is 0. The molecule has 4 bridgehead atoms. The Hall–Kier alpha value is -2.00. The third kappa shape index (κ3) is 3.24. The summed E-state index contributed by atoms with van der Waals surface area (Å²) < 4.78 is 16.9. The van der Waals surface area contributed by atoms with E-state index >= 15 is 0 Å². The number of aryl methyl sites for hydroxylation is 1. The summed E-state index contributed by atoms with van der Waals surface area (Å²) in [5.74, 6) is 4.62. The Kier molecular flexibility index (Phi) is 4.82. The highest BCUT2D eigenvalue weighted by Crippen LogP contribution is 2.62. The molecule has 4 fully saturated rings. The van der Waals surface area contributed by atoms with Crippen LogP contribution in [0.4, 0.5) is 0 Å². The predicted octanol–water partition coefficient (Wildman–Crippen LogP) is 5.92. The first-order valence-corrected chi connectivity index (χ1v) is 10.9. The number of ether oxygens (including phenoxy) is 3. The highest BCUT2D eigenvalue weighted by atomic mass is 16.7. The zero-order chi connectivity index (χ0) is 20.0. The third-order valence-electron chi connectivity index (χ3n) is 7.60. The van der Waals surface area contributed by atoms with Gasteiger partial charge in [-0.25, -0.2) is 0 Å². The molecule has 0 amide bonds. The Morgan fingerprint density at radius 3 is 2.28 bits per heavy atom. The van der Waals surface area contributed by atoms with Crippen LogP contribution in [0.1, 0.15) is 49.7 Å². The Bertz CT molecular complexity index is 866. The summed E-state index contributed by atoms with van der Waals surface area (Å²) in [5.41, 5.74) is 5.21. The van der Waals surface area contributed by atoms with Crippen LogP contribution in [0.25, 0.3) is 11.1 Å². The molecule has 0 spiro atoms. The lowest BCUT2D eigenvalue weighted by Crippen LogP contribution is -2.48. The molecule has 2 aromatic carbocycles. The van der Waals surface area contributed by atoms with E-state index in [1.165, 1.54) is 55.2 Å². The first-order valence-electron chi connectivity index (χ1n) is 10.9. The van der Waals surface area contributed by atoms with Crippen molar-refractivity contribution in [2.24, 2.45) is 17.8 Å². The van der Waals surface area contributed by atoms with Gasteiger partial charge in [-0.2, -0.15) is 0 Å². The van der Waals surface area contributed by atoms with E-state index in [2.05, 4.69) is 25.1 Å². The Morgan fingerprint density at radius 1 is 0.966 bits per heavy atom. The van der Waals surface area contributed by atoms with Gasteiger partial charge in [0.15, 0.2) is 6.79 Å². The molecule has 0 aliphatic heterocycles. The lowest BCUT2D eigenvalue weighted by Gasteiger charge is -2.57. The summed E-state index contributed by atoms with van der Waals surface area (Å²) in [6.07, 6.45) is 8.32. The molecule has 3 heteroatoms. The molecule has 4 saturated carbocycles. The highest BCUT2D eigenvalue weighted by Gasteiger charge is 2.52. The molecule has 0 atom stereocenters. The van der Waals surface area contributed by atoms with E-state index in [0.717, 1.165) is 34.8 Å². The second kappa shape index (κ2) is 7.36. The number of benzene rings is 2. The van der Waals surface area contributed by atoms with Gasteiger partial charge in [-0.15, -0.1) is 0 Å². The van der Waals surface area contributed by atoms with Crippen LogP contribution in [0.15, 0.2) is 30.3 Å². The maximum Gasteiger partial charge on any atom is 0.188 e. The van der Waals surface area contributed by atoms with Gasteiger partial charge in [0, 0.05) is 18.2 Å². The van der Waals surface area contributed by atoms with Gasteiger partial charge in [-0.05, 0) is 110 Å². The van der Waals surface area contributed by atoms with Gasteiger partial charge >= 0.3 is 0 Å². The van der Waals surface area contributed by atoms with Crippen LogP contribution < -0.4 is 9.47 Å². The van der Waals surface area contributed by atoms with E-state index in [4.69, 9.17) is 14.2 Å². The van der Waals surface area contributed by atoms with Crippen molar-refractivity contribution in [3.05, 3.63) is 47.5 Å². The fourth-order valence-electron chi connectivity index (χ4n) is 6.87. The van der Waals surface area contributed by atoms with Crippen molar-refractivity contribution in [3.63, 3.8) is 0 Å². The zero-order valence-corrected chi connectivity index (χ0v) is 17.8. The molecule has 4 aliphatic carbocycles. The van der Waals surface area contributed by atoms with Crippen LogP contribution in [0.3, 0.4) is 0 Å². The number of rotatable bonds is 6. The lowest BCUT2D eigenvalue weighted by atomic mass is 9.48. The molecule has 0 aromatic heterocycles. The van der Waals surface area contributed by atoms with Gasteiger partial charge in [-0.1, -0.05) is 6.07 Å². The minimum Gasteiger partial charge on any atom is -0.496 e. The maximum atomic E-state index is 5.94. The smallest absolute Gasteiger partial charge is 0.188 e. The SMILES string of the molecule is COCOc1cc[c]cc1-c1cc(C23CC4CC(CC(C4)C2)C3)c(OC)cc1C. The molecule has 0 N–H and O–H groups in total. The molecule has 2 aromatic rings.